The lowest BCUT2D eigenvalue weighted by molar-refractivity contribution is -0.117. The number of carbonyl (C=O) groups excluding carboxylic acids is 2. The van der Waals surface area contributed by atoms with Crippen LogP contribution in [0, 0.1) is 0 Å². The van der Waals surface area contributed by atoms with Crippen molar-refractivity contribution in [2.24, 2.45) is 5.73 Å². The Morgan fingerprint density at radius 3 is 2.42 bits per heavy atom. The van der Waals surface area contributed by atoms with Gasteiger partial charge in [0.05, 0.1) is 30.1 Å². The highest BCUT2D eigenvalue weighted by molar-refractivity contribution is 7.89. The van der Waals surface area contributed by atoms with Gasteiger partial charge in [0.25, 0.3) is 5.91 Å². The van der Waals surface area contributed by atoms with Crippen molar-refractivity contribution in [1.82, 2.24) is 9.29 Å². The van der Waals surface area contributed by atoms with Gasteiger partial charge in [-0.15, -0.1) is 0 Å². The molecule has 1 aliphatic rings. The fraction of sp³-hybridized carbons (Fsp3) is 0.227. The van der Waals surface area contributed by atoms with Crippen molar-refractivity contribution in [3.8, 4) is 0 Å². The van der Waals surface area contributed by atoms with Crippen molar-refractivity contribution >= 4 is 38.4 Å². The molecule has 0 saturated carbocycles. The first kappa shape index (κ1) is 22.6. The third-order valence-corrected chi connectivity index (χ3v) is 7.15. The largest absolute Gasteiger partial charge is 0.379 e. The molecule has 0 unspecified atom stereocenters. The quantitative estimate of drug-likeness (QED) is 0.485. The number of nitrogens with zero attached hydrogens (tertiary/aromatic N) is 1. The van der Waals surface area contributed by atoms with Crippen molar-refractivity contribution in [1.29, 1.82) is 0 Å². The lowest BCUT2D eigenvalue weighted by atomic mass is 10.1. The highest BCUT2D eigenvalue weighted by Gasteiger charge is 2.27. The van der Waals surface area contributed by atoms with Crippen LogP contribution < -0.4 is 16.6 Å². The molecule has 2 heterocycles. The number of carbonyl (C=O) groups is 2. The molecule has 1 aliphatic heterocycles. The summed E-state index contributed by atoms with van der Waals surface area (Å²) in [5.74, 6) is -1.04. The van der Waals surface area contributed by atoms with Crippen LogP contribution in [0.25, 0.3) is 10.9 Å². The topological polar surface area (TPSA) is 152 Å². The maximum absolute atomic E-state index is 13.0. The van der Waals surface area contributed by atoms with E-state index >= 15 is 0 Å². The minimum Gasteiger partial charge on any atom is -0.379 e. The standard InChI is InChI=1S/C22H22N4O6S/c23-20(27)11-14-1-3-15(4-2-14)24-22(29)18-13-21(28)25-19-6-5-16(12-17(18)19)33(30,31)26-7-9-32-10-8-26/h1-6,12-13H,7-11H2,(H2,23,27)(H,24,29)(H,25,28). The van der Waals surface area contributed by atoms with Crippen molar-refractivity contribution < 1.29 is 22.7 Å². The van der Waals surface area contributed by atoms with Crippen LogP contribution in [0.1, 0.15) is 15.9 Å². The Labute approximate surface area is 189 Å². The zero-order valence-corrected chi connectivity index (χ0v) is 18.4. The van der Waals surface area contributed by atoms with E-state index in [0.29, 0.717) is 35.4 Å². The molecular weight excluding hydrogens is 448 g/mol. The third kappa shape index (κ3) is 4.95. The number of primary amides is 1. The highest BCUT2D eigenvalue weighted by atomic mass is 32.2. The zero-order valence-electron chi connectivity index (χ0n) is 17.5. The highest BCUT2D eigenvalue weighted by Crippen LogP contribution is 2.24. The number of hydrogen-bond donors (Lipinski definition) is 3. The van der Waals surface area contributed by atoms with Crippen LogP contribution in [-0.4, -0.2) is 55.8 Å². The Bertz CT molecular complexity index is 1380. The number of ether oxygens (including phenoxy) is 1. The van der Waals surface area contributed by atoms with Crippen molar-refractivity contribution in [3.05, 3.63) is 70.0 Å². The average Bonchev–Trinajstić information content (AvgIpc) is 2.79. The number of pyridine rings is 1. The minimum atomic E-state index is -3.79. The van der Waals surface area contributed by atoms with Crippen LogP contribution in [0.5, 0.6) is 0 Å². The van der Waals surface area contributed by atoms with Crippen LogP contribution in [0.3, 0.4) is 0 Å². The van der Waals surface area contributed by atoms with Gasteiger partial charge in [-0.3, -0.25) is 14.4 Å². The van der Waals surface area contributed by atoms with Crippen molar-refractivity contribution in [2.45, 2.75) is 11.3 Å². The van der Waals surface area contributed by atoms with E-state index in [1.165, 1.54) is 22.5 Å². The fourth-order valence-corrected chi connectivity index (χ4v) is 5.06. The van der Waals surface area contributed by atoms with E-state index in [1.54, 1.807) is 24.3 Å². The van der Waals surface area contributed by atoms with E-state index in [-0.39, 0.29) is 30.0 Å². The number of aromatic amines is 1. The van der Waals surface area contributed by atoms with E-state index in [1.807, 2.05) is 0 Å². The van der Waals surface area contributed by atoms with Gasteiger partial charge in [-0.05, 0) is 35.9 Å². The van der Waals surface area contributed by atoms with Crippen molar-refractivity contribution in [2.75, 3.05) is 31.6 Å². The van der Waals surface area contributed by atoms with Gasteiger partial charge in [-0.2, -0.15) is 4.31 Å². The SMILES string of the molecule is NC(=O)Cc1ccc(NC(=O)c2cc(=O)[nH]c3ccc(S(=O)(=O)N4CCOCC4)cc23)cc1. The molecule has 0 radical (unpaired) electrons. The molecule has 2 aromatic carbocycles. The monoisotopic (exact) mass is 470 g/mol. The van der Waals surface area contributed by atoms with Gasteiger partial charge in [0.1, 0.15) is 0 Å². The summed E-state index contributed by atoms with van der Waals surface area (Å²) in [6.45, 7) is 1.11. The summed E-state index contributed by atoms with van der Waals surface area (Å²) < 4.78 is 32.6. The normalized spacial score (nSPS) is 14.8. The number of fused-ring (bicyclic) bond motifs is 1. The average molecular weight is 471 g/mol. The second-order valence-electron chi connectivity index (χ2n) is 7.57. The van der Waals surface area contributed by atoms with Gasteiger partial charge < -0.3 is 20.8 Å². The van der Waals surface area contributed by atoms with Crippen LogP contribution in [0.4, 0.5) is 5.69 Å². The number of benzene rings is 2. The summed E-state index contributed by atoms with van der Waals surface area (Å²) in [5, 5.41) is 2.99. The number of sulfonamides is 1. The lowest BCUT2D eigenvalue weighted by Crippen LogP contribution is -2.40. The molecule has 3 aromatic rings. The molecule has 11 heteroatoms. The number of amides is 2. The first-order chi connectivity index (χ1) is 15.7. The van der Waals surface area contributed by atoms with E-state index in [2.05, 4.69) is 10.3 Å². The Kier molecular flexibility index (Phi) is 6.27. The van der Waals surface area contributed by atoms with Gasteiger partial charge in [-0.25, -0.2) is 8.42 Å². The van der Waals surface area contributed by atoms with Gasteiger partial charge in [-0.1, -0.05) is 12.1 Å². The van der Waals surface area contributed by atoms with Gasteiger partial charge in [0.2, 0.25) is 21.5 Å². The number of nitrogens with one attached hydrogen (secondary N) is 2. The molecule has 1 aromatic heterocycles. The number of rotatable bonds is 6. The summed E-state index contributed by atoms with van der Waals surface area (Å²) in [4.78, 5) is 38.8. The van der Waals surface area contributed by atoms with E-state index in [4.69, 9.17) is 10.5 Å². The molecule has 0 spiro atoms. The van der Waals surface area contributed by atoms with Crippen molar-refractivity contribution in [3.63, 3.8) is 0 Å². The van der Waals surface area contributed by atoms with Crippen LogP contribution >= 0.6 is 0 Å². The Morgan fingerprint density at radius 2 is 1.76 bits per heavy atom. The lowest BCUT2D eigenvalue weighted by Gasteiger charge is -2.26. The fourth-order valence-electron chi connectivity index (χ4n) is 3.62. The summed E-state index contributed by atoms with van der Waals surface area (Å²) in [7, 11) is -3.79. The van der Waals surface area contributed by atoms with E-state index < -0.39 is 27.4 Å². The molecule has 4 rings (SSSR count). The second kappa shape index (κ2) is 9.14. The number of hydrogen-bond acceptors (Lipinski definition) is 6. The minimum absolute atomic E-state index is 0.0220. The zero-order chi connectivity index (χ0) is 23.6. The predicted octanol–water partition coefficient (Wildman–Crippen LogP) is 0.829. The molecule has 0 bridgehead atoms. The summed E-state index contributed by atoms with van der Waals surface area (Å²) in [6, 6.07) is 11.9. The summed E-state index contributed by atoms with van der Waals surface area (Å²) >= 11 is 0. The number of aromatic nitrogens is 1. The molecule has 10 nitrogen and oxygen atoms in total. The molecule has 0 atom stereocenters. The molecule has 172 valence electrons. The summed E-state index contributed by atoms with van der Waals surface area (Å²) in [6.07, 6.45) is 0.0767. The first-order valence-corrected chi connectivity index (χ1v) is 11.6. The second-order valence-corrected chi connectivity index (χ2v) is 9.50. The van der Waals surface area contributed by atoms with Crippen LogP contribution in [-0.2, 0) is 26.0 Å². The number of H-pyrrole nitrogens is 1. The number of anilines is 1. The molecule has 2 amide bonds. The first-order valence-electron chi connectivity index (χ1n) is 10.2. The molecule has 4 N–H and O–H groups in total. The molecule has 33 heavy (non-hydrogen) atoms. The maximum Gasteiger partial charge on any atom is 0.256 e. The smallest absolute Gasteiger partial charge is 0.256 e. The summed E-state index contributed by atoms with van der Waals surface area (Å²) in [5.41, 5.74) is 6.20. The maximum atomic E-state index is 13.0. The Morgan fingerprint density at radius 1 is 1.06 bits per heavy atom. The molecule has 1 saturated heterocycles. The molecule has 0 aliphatic carbocycles. The Balaban J connectivity index is 1.67. The van der Waals surface area contributed by atoms with Gasteiger partial charge >= 0.3 is 0 Å². The van der Waals surface area contributed by atoms with Crippen LogP contribution in [0.2, 0.25) is 0 Å². The predicted molar refractivity (Wildman–Crippen MR) is 121 cm³/mol. The van der Waals surface area contributed by atoms with E-state index in [9.17, 15) is 22.8 Å². The Hall–Kier alpha value is -3.54. The van der Waals surface area contributed by atoms with Crippen LogP contribution in [0.15, 0.2) is 58.2 Å². The number of morpholine rings is 1. The van der Waals surface area contributed by atoms with Gasteiger partial charge in [0, 0.05) is 35.7 Å². The number of nitrogens with two attached hydrogens (primary N) is 1. The third-order valence-electron chi connectivity index (χ3n) is 5.26. The molecular formula is C22H22N4O6S. The van der Waals surface area contributed by atoms with E-state index in [0.717, 1.165) is 6.07 Å². The van der Waals surface area contributed by atoms with Gasteiger partial charge in [0.15, 0.2) is 0 Å². The molecule has 1 fully saturated rings.